The van der Waals surface area contributed by atoms with Gasteiger partial charge in [0.2, 0.25) is 5.91 Å². The predicted molar refractivity (Wildman–Crippen MR) is 65.5 cm³/mol. The third kappa shape index (κ3) is 2.72. The first-order chi connectivity index (χ1) is 8.08. The van der Waals surface area contributed by atoms with Crippen LogP contribution in [0.15, 0.2) is 6.07 Å². The second-order valence-corrected chi connectivity index (χ2v) is 4.64. The van der Waals surface area contributed by atoms with Crippen molar-refractivity contribution < 1.29 is 4.79 Å². The molecule has 0 aliphatic carbocycles. The van der Waals surface area contributed by atoms with Crippen molar-refractivity contribution >= 4 is 11.7 Å². The average Bonchev–Trinajstić information content (AvgIpc) is 2.56. The molecule has 1 aromatic rings. The summed E-state index contributed by atoms with van der Waals surface area (Å²) in [5, 5.41) is 3.00. The Labute approximate surface area is 101 Å². The quantitative estimate of drug-likeness (QED) is 0.853. The van der Waals surface area contributed by atoms with Crippen LogP contribution in [0, 0.1) is 12.8 Å². The number of hydrogen-bond donors (Lipinski definition) is 1. The maximum atomic E-state index is 11.7. The number of carbonyl (C=O) groups excluding carboxylic acids is 1. The maximum Gasteiger partial charge on any atom is 0.223 e. The summed E-state index contributed by atoms with van der Waals surface area (Å²) in [5.41, 5.74) is 0.916. The number of rotatable bonds is 3. The fourth-order valence-electron chi connectivity index (χ4n) is 2.12. The monoisotopic (exact) mass is 234 g/mol. The van der Waals surface area contributed by atoms with Crippen LogP contribution in [-0.2, 0) is 11.3 Å². The van der Waals surface area contributed by atoms with E-state index in [1.807, 2.05) is 24.9 Å². The molecule has 1 aliphatic rings. The van der Waals surface area contributed by atoms with Gasteiger partial charge in [-0.05, 0) is 12.8 Å². The van der Waals surface area contributed by atoms with Crippen molar-refractivity contribution in [3.05, 3.63) is 17.6 Å². The lowest BCUT2D eigenvalue weighted by Gasteiger charge is -2.15. The number of aryl methyl sites for hydroxylation is 1. The van der Waals surface area contributed by atoms with Gasteiger partial charge in [0.15, 0.2) is 0 Å². The van der Waals surface area contributed by atoms with Gasteiger partial charge in [-0.15, -0.1) is 0 Å². The third-order valence-electron chi connectivity index (χ3n) is 2.90. The van der Waals surface area contributed by atoms with Gasteiger partial charge in [0.1, 0.15) is 11.6 Å². The van der Waals surface area contributed by atoms with Crippen LogP contribution < -0.4 is 5.32 Å². The van der Waals surface area contributed by atoms with Crippen LogP contribution in [0.3, 0.4) is 0 Å². The van der Waals surface area contributed by atoms with E-state index in [9.17, 15) is 4.79 Å². The molecule has 1 saturated heterocycles. The Kier molecular flexibility index (Phi) is 3.26. The molecule has 2 heterocycles. The van der Waals surface area contributed by atoms with Crippen molar-refractivity contribution in [2.24, 2.45) is 5.92 Å². The van der Waals surface area contributed by atoms with Gasteiger partial charge in [-0.1, -0.05) is 6.92 Å². The van der Waals surface area contributed by atoms with Crippen molar-refractivity contribution in [1.29, 1.82) is 0 Å². The highest BCUT2D eigenvalue weighted by Gasteiger charge is 2.26. The van der Waals surface area contributed by atoms with Crippen LogP contribution in [0.2, 0.25) is 0 Å². The number of nitrogens with one attached hydrogen (secondary N) is 1. The molecule has 1 fully saturated rings. The number of anilines is 1. The lowest BCUT2D eigenvalue weighted by atomic mass is 10.2. The first-order valence-electron chi connectivity index (χ1n) is 5.88. The molecule has 5 nitrogen and oxygen atoms in total. The lowest BCUT2D eigenvalue weighted by Crippen LogP contribution is -2.25. The normalized spacial score (nSPS) is 19.8. The number of nitrogens with zero attached hydrogens (tertiary/aromatic N) is 3. The average molecular weight is 234 g/mol. The molecule has 0 saturated carbocycles. The highest BCUT2D eigenvalue weighted by molar-refractivity contribution is 5.78. The summed E-state index contributed by atoms with van der Waals surface area (Å²) in [5.74, 6) is 2.15. The summed E-state index contributed by atoms with van der Waals surface area (Å²) >= 11 is 0. The molecule has 92 valence electrons. The van der Waals surface area contributed by atoms with Gasteiger partial charge in [-0.3, -0.25) is 4.79 Å². The van der Waals surface area contributed by atoms with Gasteiger partial charge in [-0.25, -0.2) is 9.97 Å². The van der Waals surface area contributed by atoms with Crippen molar-refractivity contribution in [1.82, 2.24) is 14.9 Å². The van der Waals surface area contributed by atoms with Gasteiger partial charge in [0.05, 0.1) is 6.54 Å². The Bertz CT molecular complexity index is 433. The molecule has 17 heavy (non-hydrogen) atoms. The molecule has 0 radical (unpaired) electrons. The van der Waals surface area contributed by atoms with Gasteiger partial charge in [0, 0.05) is 31.8 Å². The first kappa shape index (κ1) is 11.8. The molecule has 0 spiro atoms. The van der Waals surface area contributed by atoms with Crippen molar-refractivity contribution in [3.63, 3.8) is 0 Å². The van der Waals surface area contributed by atoms with E-state index < -0.39 is 0 Å². The van der Waals surface area contributed by atoms with E-state index in [2.05, 4.69) is 22.2 Å². The smallest absolute Gasteiger partial charge is 0.223 e. The zero-order valence-electron chi connectivity index (χ0n) is 10.5. The molecule has 1 atom stereocenters. The Balaban J connectivity index is 2.13. The molecule has 0 aromatic carbocycles. The molecule has 1 aliphatic heterocycles. The second-order valence-electron chi connectivity index (χ2n) is 4.64. The van der Waals surface area contributed by atoms with E-state index in [1.165, 1.54) is 0 Å². The van der Waals surface area contributed by atoms with Crippen LogP contribution in [0.4, 0.5) is 5.82 Å². The highest BCUT2D eigenvalue weighted by atomic mass is 16.2. The molecule has 1 amide bonds. The Hall–Kier alpha value is -1.65. The van der Waals surface area contributed by atoms with E-state index in [1.54, 1.807) is 0 Å². The molecule has 5 heteroatoms. The van der Waals surface area contributed by atoms with Crippen LogP contribution in [-0.4, -0.2) is 34.4 Å². The topological polar surface area (TPSA) is 58.1 Å². The van der Waals surface area contributed by atoms with Gasteiger partial charge in [0.25, 0.3) is 0 Å². The lowest BCUT2D eigenvalue weighted by molar-refractivity contribution is -0.128. The summed E-state index contributed by atoms with van der Waals surface area (Å²) in [6, 6.07) is 1.89. The molecule has 0 bridgehead atoms. The second kappa shape index (κ2) is 4.69. The van der Waals surface area contributed by atoms with E-state index in [4.69, 9.17) is 0 Å². The van der Waals surface area contributed by atoms with Crippen LogP contribution in [0.25, 0.3) is 0 Å². The van der Waals surface area contributed by atoms with E-state index in [0.717, 1.165) is 18.1 Å². The maximum absolute atomic E-state index is 11.7. The Morgan fingerprint density at radius 1 is 1.53 bits per heavy atom. The molecular weight excluding hydrogens is 216 g/mol. The number of hydrogen-bond acceptors (Lipinski definition) is 4. The summed E-state index contributed by atoms with van der Waals surface area (Å²) in [6.07, 6.45) is 0.644. The SMILES string of the molecule is CNc1cc(C)nc(CN2CC(C)CC2=O)n1. The number of aromatic nitrogens is 2. The van der Waals surface area contributed by atoms with Crippen LogP contribution in [0.5, 0.6) is 0 Å². The van der Waals surface area contributed by atoms with E-state index >= 15 is 0 Å². The Morgan fingerprint density at radius 2 is 2.29 bits per heavy atom. The zero-order chi connectivity index (χ0) is 12.4. The number of likely N-dealkylation sites (tertiary alicyclic amines) is 1. The minimum absolute atomic E-state index is 0.202. The predicted octanol–water partition coefficient (Wildman–Crippen LogP) is 1.20. The molecule has 1 unspecified atom stereocenters. The summed E-state index contributed by atoms with van der Waals surface area (Å²) < 4.78 is 0. The zero-order valence-corrected chi connectivity index (χ0v) is 10.5. The van der Waals surface area contributed by atoms with E-state index in [0.29, 0.717) is 24.7 Å². The van der Waals surface area contributed by atoms with E-state index in [-0.39, 0.29) is 5.91 Å². The Morgan fingerprint density at radius 3 is 2.88 bits per heavy atom. The summed E-state index contributed by atoms with van der Waals surface area (Å²) in [7, 11) is 1.83. The largest absolute Gasteiger partial charge is 0.373 e. The number of amides is 1. The van der Waals surface area contributed by atoms with Gasteiger partial charge in [-0.2, -0.15) is 0 Å². The minimum atomic E-state index is 0.202. The van der Waals surface area contributed by atoms with Crippen molar-refractivity contribution in [2.45, 2.75) is 26.8 Å². The fraction of sp³-hybridized carbons (Fsp3) is 0.583. The summed E-state index contributed by atoms with van der Waals surface area (Å²) in [6.45, 7) is 5.35. The molecule has 1 N–H and O–H groups in total. The third-order valence-corrected chi connectivity index (χ3v) is 2.90. The molecule has 1 aromatic heterocycles. The van der Waals surface area contributed by atoms with Crippen LogP contribution in [0.1, 0.15) is 24.9 Å². The van der Waals surface area contributed by atoms with Gasteiger partial charge >= 0.3 is 0 Å². The van der Waals surface area contributed by atoms with Crippen molar-refractivity contribution in [3.8, 4) is 0 Å². The number of carbonyl (C=O) groups is 1. The van der Waals surface area contributed by atoms with Crippen LogP contribution >= 0.6 is 0 Å². The summed E-state index contributed by atoms with van der Waals surface area (Å²) in [4.78, 5) is 22.2. The fourth-order valence-corrected chi connectivity index (χ4v) is 2.12. The standard InChI is InChI=1S/C12H18N4O/c1-8-4-12(17)16(6-8)7-11-14-9(2)5-10(13-3)15-11/h5,8H,4,6-7H2,1-3H3,(H,13,14,15). The first-order valence-corrected chi connectivity index (χ1v) is 5.88. The molecule has 2 rings (SSSR count). The van der Waals surface area contributed by atoms with Gasteiger partial charge < -0.3 is 10.2 Å². The minimum Gasteiger partial charge on any atom is -0.373 e. The highest BCUT2D eigenvalue weighted by Crippen LogP contribution is 2.18. The van der Waals surface area contributed by atoms with Crippen molar-refractivity contribution in [2.75, 3.05) is 18.9 Å². The molecular formula is C12H18N4O.